The molecule has 1 aromatic heterocycles. The second-order valence-electron chi connectivity index (χ2n) is 5.88. The first-order chi connectivity index (χ1) is 13.7. The van der Waals surface area contributed by atoms with Crippen LogP contribution in [0.1, 0.15) is 34.4 Å². The lowest BCUT2D eigenvalue weighted by atomic mass is 10.2. The van der Waals surface area contributed by atoms with Crippen LogP contribution in [-0.2, 0) is 17.8 Å². The van der Waals surface area contributed by atoms with Crippen molar-refractivity contribution in [1.82, 2.24) is 10.6 Å². The summed E-state index contributed by atoms with van der Waals surface area (Å²) in [5, 5.41) is 5.99. The fraction of sp³-hybridized carbons (Fsp3) is 0.368. The second-order valence-corrected chi connectivity index (χ2v) is 5.88. The molecule has 0 amide bonds. The molecule has 2 N–H and O–H groups in total. The van der Waals surface area contributed by atoms with Gasteiger partial charge in [-0.05, 0) is 26.0 Å². The Bertz CT molecular complexity index is 869. The topological polar surface area (TPSA) is 85.1 Å². The average Bonchev–Trinajstić information content (AvgIpc) is 3.04. The largest absolute Gasteiger partial charge is 0.573 e. The molecule has 0 atom stereocenters. The first kappa shape index (κ1) is 25.6. The van der Waals surface area contributed by atoms with E-state index in [2.05, 4.69) is 25.1 Å². The highest BCUT2D eigenvalue weighted by molar-refractivity contribution is 14.0. The maximum absolute atomic E-state index is 12.5. The van der Waals surface area contributed by atoms with Crippen molar-refractivity contribution in [2.75, 3.05) is 13.7 Å². The number of alkyl halides is 3. The lowest BCUT2D eigenvalue weighted by molar-refractivity contribution is -0.274. The lowest BCUT2D eigenvalue weighted by Gasteiger charge is -2.13. The highest BCUT2D eigenvalue weighted by Crippen LogP contribution is 2.26. The Balaban J connectivity index is 0.00000450. The number of para-hydroxylation sites is 1. The second kappa shape index (κ2) is 11.7. The predicted molar refractivity (Wildman–Crippen MR) is 115 cm³/mol. The molecule has 0 saturated heterocycles. The summed E-state index contributed by atoms with van der Waals surface area (Å²) >= 11 is 0. The quantitative estimate of drug-likeness (QED) is 0.237. The number of halogens is 4. The number of carbonyl (C=O) groups excluding carboxylic acids is 1. The number of rotatable bonds is 7. The molecule has 0 aliphatic carbocycles. The number of aliphatic imine (C=N–C) groups is 1. The molecule has 2 aromatic rings. The van der Waals surface area contributed by atoms with Gasteiger partial charge in [-0.15, -0.1) is 37.1 Å². The van der Waals surface area contributed by atoms with Gasteiger partial charge in [0, 0.05) is 12.1 Å². The fourth-order valence-corrected chi connectivity index (χ4v) is 2.48. The van der Waals surface area contributed by atoms with Crippen molar-refractivity contribution in [2.45, 2.75) is 33.3 Å². The van der Waals surface area contributed by atoms with Gasteiger partial charge in [0.15, 0.2) is 5.96 Å². The maximum atomic E-state index is 12.5. The van der Waals surface area contributed by atoms with Crippen LogP contribution in [0.5, 0.6) is 5.75 Å². The molecule has 1 aromatic carbocycles. The number of methoxy groups -OCH3 is 1. The number of hydrogen-bond acceptors (Lipinski definition) is 5. The van der Waals surface area contributed by atoms with Gasteiger partial charge in [-0.2, -0.15) is 0 Å². The van der Waals surface area contributed by atoms with Crippen LogP contribution in [0.25, 0.3) is 0 Å². The molecule has 2 rings (SSSR count). The number of nitrogens with zero attached hydrogens (tertiary/aromatic N) is 1. The van der Waals surface area contributed by atoms with Crippen molar-refractivity contribution in [3.8, 4) is 5.75 Å². The van der Waals surface area contributed by atoms with Gasteiger partial charge in [-0.25, -0.2) is 9.79 Å². The van der Waals surface area contributed by atoms with Gasteiger partial charge >= 0.3 is 12.3 Å². The van der Waals surface area contributed by atoms with Gasteiger partial charge in [0.2, 0.25) is 0 Å². The van der Waals surface area contributed by atoms with Gasteiger partial charge in [0.25, 0.3) is 0 Å². The van der Waals surface area contributed by atoms with E-state index in [0.29, 0.717) is 29.6 Å². The first-order valence-corrected chi connectivity index (χ1v) is 8.77. The van der Waals surface area contributed by atoms with E-state index in [1.165, 1.54) is 25.3 Å². The van der Waals surface area contributed by atoms with Crippen molar-refractivity contribution in [3.05, 3.63) is 53.0 Å². The number of ether oxygens (including phenoxy) is 2. The van der Waals surface area contributed by atoms with Crippen LogP contribution < -0.4 is 15.4 Å². The van der Waals surface area contributed by atoms with Crippen LogP contribution in [0.2, 0.25) is 0 Å². The minimum Gasteiger partial charge on any atom is -0.465 e. The van der Waals surface area contributed by atoms with Crippen LogP contribution >= 0.6 is 24.0 Å². The molecular weight excluding hydrogens is 518 g/mol. The summed E-state index contributed by atoms with van der Waals surface area (Å²) < 4.78 is 51.8. The zero-order valence-corrected chi connectivity index (χ0v) is 19.0. The highest BCUT2D eigenvalue weighted by Gasteiger charge is 2.31. The third-order valence-electron chi connectivity index (χ3n) is 3.75. The molecule has 0 unspecified atom stereocenters. The molecular formula is C19H23F3IN3O4. The smallest absolute Gasteiger partial charge is 0.465 e. The fourth-order valence-electron chi connectivity index (χ4n) is 2.48. The normalized spacial score (nSPS) is 11.5. The van der Waals surface area contributed by atoms with Crippen molar-refractivity contribution in [1.29, 1.82) is 0 Å². The van der Waals surface area contributed by atoms with Crippen molar-refractivity contribution in [3.63, 3.8) is 0 Å². The zero-order chi connectivity index (χ0) is 21.4. The Morgan fingerprint density at radius 1 is 1.23 bits per heavy atom. The zero-order valence-electron chi connectivity index (χ0n) is 16.6. The van der Waals surface area contributed by atoms with Crippen LogP contribution in [0, 0.1) is 6.92 Å². The standard InChI is InChI=1S/C19H22F3N3O4.HI/c1-4-23-18(25-11-14-9-15(12(2)28-14)17(26)27-3)24-10-13-7-5-6-8-16(13)29-19(20,21)22;/h5-9H,4,10-11H2,1-3H3,(H2,23,24,25);1H. The first-order valence-electron chi connectivity index (χ1n) is 8.77. The van der Waals surface area contributed by atoms with E-state index in [-0.39, 0.29) is 48.4 Å². The molecule has 0 fully saturated rings. The maximum Gasteiger partial charge on any atom is 0.573 e. The van der Waals surface area contributed by atoms with Gasteiger partial charge in [0.05, 0.1) is 20.2 Å². The van der Waals surface area contributed by atoms with Gasteiger partial charge in [0.1, 0.15) is 22.8 Å². The van der Waals surface area contributed by atoms with E-state index in [9.17, 15) is 18.0 Å². The predicted octanol–water partition coefficient (Wildman–Crippen LogP) is 4.15. The summed E-state index contributed by atoms with van der Waals surface area (Å²) in [4.78, 5) is 15.9. The third-order valence-corrected chi connectivity index (χ3v) is 3.75. The molecule has 0 spiro atoms. The molecule has 0 aliphatic heterocycles. The molecule has 30 heavy (non-hydrogen) atoms. The van der Waals surface area contributed by atoms with E-state index in [4.69, 9.17) is 4.42 Å². The number of hydrogen-bond donors (Lipinski definition) is 2. The molecule has 11 heteroatoms. The molecule has 0 aliphatic rings. The van der Waals surface area contributed by atoms with Crippen LogP contribution in [0.3, 0.4) is 0 Å². The Kier molecular flexibility index (Phi) is 9.96. The summed E-state index contributed by atoms with van der Waals surface area (Å²) in [5.74, 6) is 0.467. The number of aryl methyl sites for hydroxylation is 1. The Hall–Kier alpha value is -2.44. The van der Waals surface area contributed by atoms with E-state index < -0.39 is 12.3 Å². The summed E-state index contributed by atoms with van der Waals surface area (Å²) in [6, 6.07) is 7.36. The number of furan rings is 1. The van der Waals surface area contributed by atoms with E-state index >= 15 is 0 Å². The number of guanidine groups is 1. The summed E-state index contributed by atoms with van der Waals surface area (Å²) in [5.41, 5.74) is 0.605. The summed E-state index contributed by atoms with van der Waals surface area (Å²) in [6.07, 6.45) is -4.78. The van der Waals surface area contributed by atoms with Crippen LogP contribution in [0.4, 0.5) is 13.2 Å². The van der Waals surface area contributed by atoms with Crippen molar-refractivity contribution in [2.24, 2.45) is 4.99 Å². The minimum absolute atomic E-state index is 0. The average molecular weight is 541 g/mol. The summed E-state index contributed by atoms with van der Waals surface area (Å²) in [7, 11) is 1.28. The number of nitrogens with one attached hydrogen (secondary N) is 2. The van der Waals surface area contributed by atoms with Crippen LogP contribution in [0.15, 0.2) is 39.7 Å². The minimum atomic E-state index is -4.78. The van der Waals surface area contributed by atoms with Gasteiger partial charge < -0.3 is 24.5 Å². The molecule has 0 bridgehead atoms. The van der Waals surface area contributed by atoms with Crippen molar-refractivity contribution >= 4 is 35.9 Å². The van der Waals surface area contributed by atoms with Crippen molar-refractivity contribution < 1.29 is 31.9 Å². The van der Waals surface area contributed by atoms with E-state index in [0.717, 1.165) is 0 Å². The summed E-state index contributed by atoms with van der Waals surface area (Å²) in [6.45, 7) is 4.21. The number of esters is 1. The van der Waals surface area contributed by atoms with Gasteiger partial charge in [-0.3, -0.25) is 0 Å². The number of benzene rings is 1. The monoisotopic (exact) mass is 541 g/mol. The van der Waals surface area contributed by atoms with E-state index in [1.807, 2.05) is 6.92 Å². The van der Waals surface area contributed by atoms with E-state index in [1.54, 1.807) is 19.1 Å². The van der Waals surface area contributed by atoms with Gasteiger partial charge in [-0.1, -0.05) is 18.2 Å². The van der Waals surface area contributed by atoms with Crippen LogP contribution in [-0.4, -0.2) is 31.9 Å². The molecule has 166 valence electrons. The third kappa shape index (κ3) is 7.76. The molecule has 0 radical (unpaired) electrons. The molecule has 0 saturated carbocycles. The Morgan fingerprint density at radius 3 is 2.57 bits per heavy atom. The number of carbonyl (C=O) groups is 1. The molecule has 7 nitrogen and oxygen atoms in total. The lowest BCUT2D eigenvalue weighted by Crippen LogP contribution is -2.36. The Morgan fingerprint density at radius 2 is 1.93 bits per heavy atom. The molecule has 1 heterocycles. The Labute approximate surface area is 189 Å². The SMILES string of the molecule is CCNC(=NCc1ccccc1OC(F)(F)F)NCc1cc(C(=O)OC)c(C)o1.I. The highest BCUT2D eigenvalue weighted by atomic mass is 127.